The molecule has 178 valence electrons. The molecule has 0 aliphatic rings. The molecule has 0 saturated heterocycles. The molecular formula is C18H29N7O6S. The normalized spacial score (nSPS) is 13.4. The maximum Gasteiger partial charge on any atom is 0.326 e. The number of rotatable bonds is 15. The summed E-state index contributed by atoms with van der Waals surface area (Å²) < 4.78 is 0. The van der Waals surface area contributed by atoms with Crippen molar-refractivity contribution in [1.82, 2.24) is 25.9 Å². The van der Waals surface area contributed by atoms with E-state index in [4.69, 9.17) is 11.5 Å². The topological polar surface area (TPSA) is 222 Å². The smallest absolute Gasteiger partial charge is 0.326 e. The summed E-state index contributed by atoms with van der Waals surface area (Å²) in [6.45, 7) is -0.468. The summed E-state index contributed by atoms with van der Waals surface area (Å²) in [5.74, 6) is -3.47. The number of carboxylic acids is 1. The Balaban J connectivity index is 2.64. The Labute approximate surface area is 188 Å². The molecule has 0 spiro atoms. The van der Waals surface area contributed by atoms with Crippen molar-refractivity contribution in [2.75, 3.05) is 18.6 Å². The van der Waals surface area contributed by atoms with Crippen LogP contribution in [0.15, 0.2) is 12.5 Å². The highest BCUT2D eigenvalue weighted by molar-refractivity contribution is 7.98. The van der Waals surface area contributed by atoms with Crippen LogP contribution in [0.5, 0.6) is 0 Å². The lowest BCUT2D eigenvalue weighted by Gasteiger charge is -2.21. The lowest BCUT2D eigenvalue weighted by Crippen LogP contribution is -2.54. The lowest BCUT2D eigenvalue weighted by molar-refractivity contribution is -0.142. The third kappa shape index (κ3) is 10.3. The van der Waals surface area contributed by atoms with Crippen molar-refractivity contribution in [2.24, 2.45) is 11.5 Å². The fraction of sp³-hybridized carbons (Fsp3) is 0.556. The number of primary amides is 1. The quantitative estimate of drug-likeness (QED) is 0.143. The van der Waals surface area contributed by atoms with Crippen molar-refractivity contribution < 1.29 is 29.1 Å². The third-order valence-electron chi connectivity index (χ3n) is 4.31. The van der Waals surface area contributed by atoms with Crippen LogP contribution in [0.4, 0.5) is 0 Å². The SMILES string of the molecule is CSCCC(NC(=O)C(CCC(N)=O)NC(=O)CNC(=O)C(N)Cc1cnc[nH]1)C(=O)O. The van der Waals surface area contributed by atoms with Gasteiger partial charge in [-0.2, -0.15) is 11.8 Å². The van der Waals surface area contributed by atoms with Crippen LogP contribution in [0.2, 0.25) is 0 Å². The third-order valence-corrected chi connectivity index (χ3v) is 4.95. The molecule has 13 nitrogen and oxygen atoms in total. The van der Waals surface area contributed by atoms with E-state index in [-0.39, 0.29) is 25.7 Å². The first-order chi connectivity index (χ1) is 15.1. The Bertz CT molecular complexity index is 789. The molecule has 1 heterocycles. The van der Waals surface area contributed by atoms with Crippen LogP contribution in [-0.2, 0) is 30.4 Å². The van der Waals surface area contributed by atoms with Crippen molar-refractivity contribution >= 4 is 41.4 Å². The maximum atomic E-state index is 12.5. The zero-order chi connectivity index (χ0) is 24.1. The molecule has 0 aliphatic heterocycles. The van der Waals surface area contributed by atoms with Crippen molar-refractivity contribution in [2.45, 2.75) is 43.8 Å². The number of amides is 4. The summed E-state index contributed by atoms with van der Waals surface area (Å²) >= 11 is 1.42. The van der Waals surface area contributed by atoms with Gasteiger partial charge in [-0.25, -0.2) is 9.78 Å². The predicted octanol–water partition coefficient (Wildman–Crippen LogP) is -2.53. The van der Waals surface area contributed by atoms with Crippen LogP contribution < -0.4 is 27.4 Å². The van der Waals surface area contributed by atoms with Crippen molar-refractivity contribution in [1.29, 1.82) is 0 Å². The summed E-state index contributed by atoms with van der Waals surface area (Å²) in [6, 6.07) is -3.28. The van der Waals surface area contributed by atoms with E-state index >= 15 is 0 Å². The Kier molecular flexibility index (Phi) is 11.8. The van der Waals surface area contributed by atoms with Crippen LogP contribution in [0.1, 0.15) is 25.0 Å². The second-order valence-electron chi connectivity index (χ2n) is 6.91. The second-order valence-corrected chi connectivity index (χ2v) is 7.90. The largest absolute Gasteiger partial charge is 0.480 e. The number of carbonyl (C=O) groups excluding carboxylic acids is 4. The van der Waals surface area contributed by atoms with E-state index in [9.17, 15) is 29.1 Å². The van der Waals surface area contributed by atoms with Crippen molar-refractivity contribution in [3.05, 3.63) is 18.2 Å². The zero-order valence-corrected chi connectivity index (χ0v) is 18.4. The molecule has 3 unspecified atom stereocenters. The molecule has 1 aromatic heterocycles. The number of aromatic nitrogens is 2. The van der Waals surface area contributed by atoms with E-state index in [1.165, 1.54) is 24.3 Å². The summed E-state index contributed by atoms with van der Waals surface area (Å²) in [4.78, 5) is 65.9. The standard InChI is InChI=1S/C18H29N7O6S/c1-32-5-4-13(18(30)31)25-17(29)12(2-3-14(20)26)24-15(27)8-22-16(28)11(19)6-10-7-21-9-23-10/h7,9,11-13H,2-6,8,19H2,1H3,(H2,20,26)(H,21,23)(H,22,28)(H,24,27)(H,25,29)(H,30,31). The number of carboxylic acid groups (broad SMARTS) is 1. The number of nitrogens with one attached hydrogen (secondary N) is 4. The number of H-pyrrole nitrogens is 1. The average molecular weight is 472 g/mol. The molecule has 32 heavy (non-hydrogen) atoms. The molecule has 0 aliphatic carbocycles. The number of imidazole rings is 1. The van der Waals surface area contributed by atoms with E-state index < -0.39 is 54.3 Å². The molecule has 1 rings (SSSR count). The molecule has 4 amide bonds. The van der Waals surface area contributed by atoms with Crippen molar-refractivity contribution in [3.63, 3.8) is 0 Å². The van der Waals surface area contributed by atoms with Gasteiger partial charge in [0, 0.05) is 24.7 Å². The minimum absolute atomic E-state index is 0.130. The van der Waals surface area contributed by atoms with E-state index in [0.29, 0.717) is 11.4 Å². The molecule has 0 fully saturated rings. The first-order valence-corrected chi connectivity index (χ1v) is 11.1. The van der Waals surface area contributed by atoms with Gasteiger partial charge < -0.3 is 37.5 Å². The summed E-state index contributed by atoms with van der Waals surface area (Å²) in [6.07, 6.45) is 4.79. The average Bonchev–Trinajstić information content (AvgIpc) is 3.24. The second kappa shape index (κ2) is 14.0. The van der Waals surface area contributed by atoms with Crippen LogP contribution in [-0.4, -0.2) is 81.4 Å². The van der Waals surface area contributed by atoms with E-state index in [1.807, 2.05) is 0 Å². The van der Waals surface area contributed by atoms with E-state index in [0.717, 1.165) is 0 Å². The van der Waals surface area contributed by atoms with Gasteiger partial charge in [0.25, 0.3) is 0 Å². The molecule has 0 bridgehead atoms. The molecule has 14 heteroatoms. The first kappa shape index (κ1) is 26.9. The summed E-state index contributed by atoms with van der Waals surface area (Å²) in [5.41, 5.74) is 11.5. The number of hydrogen-bond acceptors (Lipinski definition) is 8. The highest BCUT2D eigenvalue weighted by Crippen LogP contribution is 2.04. The maximum absolute atomic E-state index is 12.5. The predicted molar refractivity (Wildman–Crippen MR) is 116 cm³/mol. The van der Waals surface area contributed by atoms with Crippen LogP contribution >= 0.6 is 11.8 Å². The van der Waals surface area contributed by atoms with E-state index in [1.54, 1.807) is 6.26 Å². The number of carbonyl (C=O) groups is 5. The molecule has 0 radical (unpaired) electrons. The van der Waals surface area contributed by atoms with Gasteiger partial charge in [-0.15, -0.1) is 0 Å². The van der Waals surface area contributed by atoms with Gasteiger partial charge >= 0.3 is 5.97 Å². The van der Waals surface area contributed by atoms with Gasteiger partial charge in [-0.05, 0) is 24.9 Å². The fourth-order valence-corrected chi connectivity index (χ4v) is 3.06. The van der Waals surface area contributed by atoms with Crippen LogP contribution in [0, 0.1) is 0 Å². The zero-order valence-electron chi connectivity index (χ0n) is 17.6. The molecule has 9 N–H and O–H groups in total. The van der Waals surface area contributed by atoms with Crippen LogP contribution in [0.25, 0.3) is 0 Å². The van der Waals surface area contributed by atoms with Gasteiger partial charge in [0.05, 0.1) is 18.9 Å². The fourth-order valence-electron chi connectivity index (χ4n) is 2.59. The number of thioether (sulfide) groups is 1. The number of aliphatic carboxylic acids is 1. The van der Waals surface area contributed by atoms with Gasteiger partial charge in [-0.3, -0.25) is 19.2 Å². The number of nitrogens with zero attached hydrogens (tertiary/aromatic N) is 1. The van der Waals surface area contributed by atoms with Crippen LogP contribution in [0.3, 0.4) is 0 Å². The Hall–Kier alpha value is -3.13. The number of nitrogens with two attached hydrogens (primary N) is 2. The molecule has 1 aromatic rings. The highest BCUT2D eigenvalue weighted by Gasteiger charge is 2.27. The molecule has 0 saturated carbocycles. The minimum atomic E-state index is -1.22. The van der Waals surface area contributed by atoms with Gasteiger partial charge in [0.15, 0.2) is 0 Å². The Morgan fingerprint density at radius 1 is 1.16 bits per heavy atom. The monoisotopic (exact) mass is 471 g/mol. The molecular weight excluding hydrogens is 442 g/mol. The van der Waals surface area contributed by atoms with E-state index in [2.05, 4.69) is 25.9 Å². The lowest BCUT2D eigenvalue weighted by atomic mass is 10.1. The first-order valence-electron chi connectivity index (χ1n) is 9.74. The van der Waals surface area contributed by atoms with Gasteiger partial charge in [0.1, 0.15) is 12.1 Å². The Morgan fingerprint density at radius 2 is 1.88 bits per heavy atom. The van der Waals surface area contributed by atoms with Crippen molar-refractivity contribution in [3.8, 4) is 0 Å². The Morgan fingerprint density at radius 3 is 2.44 bits per heavy atom. The minimum Gasteiger partial charge on any atom is -0.480 e. The highest BCUT2D eigenvalue weighted by atomic mass is 32.2. The number of aromatic amines is 1. The van der Waals surface area contributed by atoms with Gasteiger partial charge in [-0.1, -0.05) is 0 Å². The summed E-state index contributed by atoms with van der Waals surface area (Å²) in [5, 5.41) is 16.4. The molecule has 0 aromatic carbocycles. The number of hydrogen-bond donors (Lipinski definition) is 7. The summed E-state index contributed by atoms with van der Waals surface area (Å²) in [7, 11) is 0. The van der Waals surface area contributed by atoms with Gasteiger partial charge in [0.2, 0.25) is 23.6 Å². The molecule has 3 atom stereocenters.